The molecule has 0 unspecified atom stereocenters. The number of hydrogen-bond donors (Lipinski definition) is 0. The van der Waals surface area contributed by atoms with Crippen LogP contribution in [0.5, 0.6) is 0 Å². The normalized spacial score (nSPS) is 16.0. The highest BCUT2D eigenvalue weighted by molar-refractivity contribution is 7.91. The fraction of sp³-hybridized carbons (Fsp3) is 0.227. The van der Waals surface area contributed by atoms with Gasteiger partial charge in [-0.3, -0.25) is 0 Å². The first-order valence-electron chi connectivity index (χ1n) is 10.0. The molecule has 0 atom stereocenters. The topological polar surface area (TPSA) is 107 Å². The van der Waals surface area contributed by atoms with Gasteiger partial charge in [0.15, 0.2) is 5.58 Å². The molecule has 0 saturated carbocycles. The van der Waals surface area contributed by atoms with Crippen molar-refractivity contribution in [3.05, 3.63) is 60.2 Å². The third kappa shape index (κ3) is 3.39. The Hall–Kier alpha value is -2.79. The van der Waals surface area contributed by atoms with E-state index in [9.17, 15) is 16.8 Å². The van der Waals surface area contributed by atoms with Gasteiger partial charge in [-0.25, -0.2) is 16.8 Å². The molecule has 0 amide bonds. The van der Waals surface area contributed by atoms with Crippen LogP contribution in [0.15, 0.2) is 74.0 Å². The van der Waals surface area contributed by atoms with Crippen LogP contribution in [0.2, 0.25) is 0 Å². The highest BCUT2D eigenvalue weighted by Gasteiger charge is 2.31. The summed E-state index contributed by atoms with van der Waals surface area (Å²) in [5.74, 6) is 0. The van der Waals surface area contributed by atoms with E-state index in [0.717, 1.165) is 5.56 Å². The second-order valence-corrected chi connectivity index (χ2v) is 11.3. The molecule has 0 radical (unpaired) electrons. The molecule has 10 heteroatoms. The summed E-state index contributed by atoms with van der Waals surface area (Å²) in [6.07, 6.45) is 0. The number of aromatic nitrogens is 1. The van der Waals surface area contributed by atoms with Crippen molar-refractivity contribution in [3.63, 3.8) is 0 Å². The van der Waals surface area contributed by atoms with Gasteiger partial charge >= 0.3 is 5.22 Å². The molecule has 1 aromatic heterocycles. The number of nitrogens with zero attached hydrogens (tertiary/aromatic N) is 2. The zero-order valence-electron chi connectivity index (χ0n) is 17.2. The highest BCUT2D eigenvalue weighted by Crippen LogP contribution is 2.35. The maximum absolute atomic E-state index is 13.4. The predicted octanol–water partition coefficient (Wildman–Crippen LogP) is 3.14. The van der Waals surface area contributed by atoms with E-state index in [4.69, 9.17) is 9.15 Å². The van der Waals surface area contributed by atoms with Gasteiger partial charge < -0.3 is 9.15 Å². The predicted molar refractivity (Wildman–Crippen MR) is 118 cm³/mol. The number of hydrogen-bond acceptors (Lipinski definition) is 7. The molecule has 1 aliphatic heterocycles. The lowest BCUT2D eigenvalue weighted by atomic mass is 10.1. The number of oxazole rings is 1. The van der Waals surface area contributed by atoms with E-state index < -0.39 is 25.1 Å². The molecule has 3 aromatic carbocycles. The number of fused-ring (bicyclic) bond motifs is 3. The largest absolute Gasteiger partial charge is 0.428 e. The Morgan fingerprint density at radius 1 is 0.906 bits per heavy atom. The zero-order chi connectivity index (χ0) is 22.5. The summed E-state index contributed by atoms with van der Waals surface area (Å²) in [5.41, 5.74) is 1.32. The van der Waals surface area contributed by atoms with Crippen molar-refractivity contribution in [1.82, 2.24) is 9.29 Å². The van der Waals surface area contributed by atoms with E-state index in [-0.39, 0.29) is 28.5 Å². The maximum Gasteiger partial charge on any atom is 0.321 e. The van der Waals surface area contributed by atoms with Crippen molar-refractivity contribution < 1.29 is 26.0 Å². The van der Waals surface area contributed by atoms with Crippen molar-refractivity contribution >= 4 is 41.7 Å². The molecule has 4 aromatic rings. The van der Waals surface area contributed by atoms with E-state index in [1.165, 1.54) is 22.5 Å². The fourth-order valence-corrected chi connectivity index (χ4v) is 6.50. The Morgan fingerprint density at radius 3 is 2.25 bits per heavy atom. The van der Waals surface area contributed by atoms with Crippen LogP contribution >= 0.6 is 0 Å². The van der Waals surface area contributed by atoms with Gasteiger partial charge in [-0.05, 0) is 19.1 Å². The van der Waals surface area contributed by atoms with Crippen LogP contribution < -0.4 is 0 Å². The van der Waals surface area contributed by atoms with Gasteiger partial charge in [-0.2, -0.15) is 9.29 Å². The van der Waals surface area contributed by atoms with E-state index in [0.29, 0.717) is 29.5 Å². The smallest absolute Gasteiger partial charge is 0.321 e. The molecule has 5 rings (SSSR count). The van der Waals surface area contributed by atoms with Gasteiger partial charge in [0, 0.05) is 29.9 Å². The first-order valence-corrected chi connectivity index (χ1v) is 12.9. The Balaban J connectivity index is 1.72. The Labute approximate surface area is 185 Å². The third-order valence-corrected chi connectivity index (χ3v) is 8.96. The van der Waals surface area contributed by atoms with Crippen LogP contribution in [-0.2, 0) is 24.6 Å². The molecule has 2 heterocycles. The molecule has 166 valence electrons. The van der Waals surface area contributed by atoms with Crippen molar-refractivity contribution in [2.45, 2.75) is 21.9 Å². The van der Waals surface area contributed by atoms with E-state index in [1.54, 1.807) is 36.4 Å². The van der Waals surface area contributed by atoms with Crippen LogP contribution in [0.1, 0.15) is 5.56 Å². The second kappa shape index (κ2) is 7.66. The minimum Gasteiger partial charge on any atom is -0.428 e. The monoisotopic (exact) mass is 472 g/mol. The summed E-state index contributed by atoms with van der Waals surface area (Å²) in [6.45, 7) is 3.00. The van der Waals surface area contributed by atoms with Gasteiger partial charge in [0.1, 0.15) is 5.52 Å². The Morgan fingerprint density at radius 2 is 1.56 bits per heavy atom. The molecule has 0 bridgehead atoms. The molecule has 8 nitrogen and oxygen atoms in total. The van der Waals surface area contributed by atoms with Gasteiger partial charge in [0.05, 0.1) is 23.0 Å². The first kappa shape index (κ1) is 21.1. The lowest BCUT2D eigenvalue weighted by Crippen LogP contribution is -2.40. The van der Waals surface area contributed by atoms with Crippen molar-refractivity contribution in [3.8, 4) is 0 Å². The van der Waals surface area contributed by atoms with Crippen molar-refractivity contribution in [2.75, 3.05) is 26.3 Å². The minimum atomic E-state index is -4.01. The average Bonchev–Trinajstić information content (AvgIpc) is 3.25. The number of sulfone groups is 1. The summed E-state index contributed by atoms with van der Waals surface area (Å²) < 4.78 is 65.2. The lowest BCUT2D eigenvalue weighted by molar-refractivity contribution is 0.0730. The number of morpholine rings is 1. The molecule has 0 aliphatic carbocycles. The summed E-state index contributed by atoms with van der Waals surface area (Å²) in [7, 11) is -7.86. The third-order valence-electron chi connectivity index (χ3n) is 5.49. The molecule has 1 saturated heterocycles. The average molecular weight is 473 g/mol. The van der Waals surface area contributed by atoms with Gasteiger partial charge in [0.25, 0.3) is 9.84 Å². The lowest BCUT2D eigenvalue weighted by Gasteiger charge is -2.26. The van der Waals surface area contributed by atoms with Gasteiger partial charge in [0.2, 0.25) is 10.0 Å². The van der Waals surface area contributed by atoms with Gasteiger partial charge in [-0.15, -0.1) is 0 Å². The number of benzene rings is 3. The van der Waals surface area contributed by atoms with Crippen molar-refractivity contribution in [2.24, 2.45) is 0 Å². The quantitative estimate of drug-likeness (QED) is 0.449. The van der Waals surface area contributed by atoms with Crippen molar-refractivity contribution in [1.29, 1.82) is 0 Å². The first-order chi connectivity index (χ1) is 15.3. The van der Waals surface area contributed by atoms with Crippen LogP contribution in [0.25, 0.3) is 21.9 Å². The van der Waals surface area contributed by atoms with E-state index >= 15 is 0 Å². The van der Waals surface area contributed by atoms with E-state index in [2.05, 4.69) is 4.98 Å². The van der Waals surface area contributed by atoms with Crippen LogP contribution in [0.3, 0.4) is 0 Å². The summed E-state index contributed by atoms with van der Waals surface area (Å²) in [6, 6.07) is 14.6. The maximum atomic E-state index is 13.4. The molecule has 0 N–H and O–H groups in total. The van der Waals surface area contributed by atoms with Gasteiger partial charge in [-0.1, -0.05) is 42.0 Å². The molecule has 32 heavy (non-hydrogen) atoms. The van der Waals surface area contributed by atoms with Crippen LogP contribution in [-0.4, -0.2) is 52.4 Å². The van der Waals surface area contributed by atoms with E-state index in [1.807, 2.05) is 6.92 Å². The number of sulfonamides is 1. The second-order valence-electron chi connectivity index (χ2n) is 7.58. The Kier molecular flexibility index (Phi) is 5.05. The van der Waals surface area contributed by atoms with Crippen LogP contribution in [0, 0.1) is 6.92 Å². The standard InChI is InChI=1S/C22H20N2O6S2/c1-15-6-8-16(9-7-15)31(25,26)22-23-21-18-5-3-2-4-17(18)20(14-19(21)30-22)32(27,28)24-10-12-29-13-11-24/h2-9,14H,10-13H2,1H3. The SMILES string of the molecule is Cc1ccc(S(=O)(=O)c2nc3c(cc(S(=O)(=O)N4CCOCC4)c4ccccc43)o2)cc1. The molecule has 1 fully saturated rings. The summed E-state index contributed by atoms with van der Waals surface area (Å²) >= 11 is 0. The van der Waals surface area contributed by atoms with Crippen LogP contribution in [0.4, 0.5) is 0 Å². The summed E-state index contributed by atoms with van der Waals surface area (Å²) in [4.78, 5) is 4.37. The molecular formula is C22H20N2O6S2. The molecular weight excluding hydrogens is 452 g/mol. The zero-order valence-corrected chi connectivity index (χ0v) is 18.8. The Bertz CT molecular complexity index is 1530. The minimum absolute atomic E-state index is 0.0536. The number of rotatable bonds is 4. The molecule has 1 aliphatic rings. The summed E-state index contributed by atoms with van der Waals surface area (Å²) in [5, 5.41) is 0.493. The number of aryl methyl sites for hydroxylation is 1. The fourth-order valence-electron chi connectivity index (χ4n) is 3.78. The highest BCUT2D eigenvalue weighted by atomic mass is 32.2. The molecule has 0 spiro atoms. The number of ether oxygens (including phenoxy) is 1.